The fourth-order valence-corrected chi connectivity index (χ4v) is 3.62. The van der Waals surface area contributed by atoms with Crippen molar-refractivity contribution in [3.8, 4) is 0 Å². The molecule has 0 spiro atoms. The van der Waals surface area contributed by atoms with E-state index in [1.807, 2.05) is 0 Å². The molecule has 2 rings (SSSR count). The van der Waals surface area contributed by atoms with Crippen LogP contribution in [-0.4, -0.2) is 12.5 Å². The van der Waals surface area contributed by atoms with Crippen molar-refractivity contribution in [2.24, 2.45) is 11.1 Å². The van der Waals surface area contributed by atoms with Crippen LogP contribution in [0.1, 0.15) is 69.4 Å². The summed E-state index contributed by atoms with van der Waals surface area (Å²) in [5.74, 6) is 0.511. The third-order valence-electron chi connectivity index (χ3n) is 5.07. The number of nitrogens with one attached hydrogen (secondary N) is 1. The van der Waals surface area contributed by atoms with Gasteiger partial charge < -0.3 is 11.1 Å². The lowest BCUT2D eigenvalue weighted by atomic mass is 9.71. The summed E-state index contributed by atoms with van der Waals surface area (Å²) in [6.45, 7) is 6.99. The van der Waals surface area contributed by atoms with E-state index in [9.17, 15) is 4.79 Å². The smallest absolute Gasteiger partial charge is 0.224 e. The molecule has 0 aliphatic heterocycles. The van der Waals surface area contributed by atoms with Crippen molar-refractivity contribution in [1.82, 2.24) is 0 Å². The molecule has 1 aromatic carbocycles. The minimum Gasteiger partial charge on any atom is -0.330 e. The van der Waals surface area contributed by atoms with Gasteiger partial charge in [-0.2, -0.15) is 0 Å². The molecule has 22 heavy (non-hydrogen) atoms. The van der Waals surface area contributed by atoms with E-state index in [4.69, 9.17) is 5.73 Å². The first-order valence-corrected chi connectivity index (χ1v) is 8.57. The largest absolute Gasteiger partial charge is 0.330 e. The summed E-state index contributed by atoms with van der Waals surface area (Å²) in [5, 5.41) is 3.17. The van der Waals surface area contributed by atoms with Crippen molar-refractivity contribution < 1.29 is 4.79 Å². The van der Waals surface area contributed by atoms with Gasteiger partial charge in [0.1, 0.15) is 0 Å². The molecule has 1 aliphatic carbocycles. The molecule has 0 bridgehead atoms. The molecule has 0 heterocycles. The minimum absolute atomic E-state index is 0.0169. The van der Waals surface area contributed by atoms with Crippen LogP contribution < -0.4 is 11.1 Å². The summed E-state index contributed by atoms with van der Waals surface area (Å²) < 4.78 is 0. The summed E-state index contributed by atoms with van der Waals surface area (Å²) >= 11 is 0. The molecule has 0 atom stereocenters. The van der Waals surface area contributed by atoms with Gasteiger partial charge in [0.05, 0.1) is 0 Å². The fraction of sp³-hybridized carbons (Fsp3) is 0.632. The molecular formula is C19H30N2O. The summed E-state index contributed by atoms with van der Waals surface area (Å²) in [7, 11) is 0. The number of carbonyl (C=O) groups is 1. The van der Waals surface area contributed by atoms with E-state index in [1.165, 1.54) is 24.8 Å². The molecular weight excluding hydrogens is 272 g/mol. The van der Waals surface area contributed by atoms with Gasteiger partial charge in [0.2, 0.25) is 5.91 Å². The van der Waals surface area contributed by atoms with Crippen LogP contribution in [0.5, 0.6) is 0 Å². The molecule has 122 valence electrons. The number of amides is 1. The van der Waals surface area contributed by atoms with Crippen molar-refractivity contribution in [1.29, 1.82) is 0 Å². The summed E-state index contributed by atoms with van der Waals surface area (Å²) in [6, 6.07) is 6.22. The van der Waals surface area contributed by atoms with Gasteiger partial charge in [0.15, 0.2) is 0 Å². The zero-order valence-electron chi connectivity index (χ0n) is 14.2. The van der Waals surface area contributed by atoms with Gasteiger partial charge in [0, 0.05) is 12.1 Å². The maximum Gasteiger partial charge on any atom is 0.224 e. The Balaban J connectivity index is 2.12. The van der Waals surface area contributed by atoms with E-state index >= 15 is 0 Å². The average molecular weight is 302 g/mol. The van der Waals surface area contributed by atoms with Gasteiger partial charge in [-0.15, -0.1) is 0 Å². The number of rotatable bonds is 5. The van der Waals surface area contributed by atoms with E-state index in [1.54, 1.807) is 0 Å². The standard InChI is InChI=1S/C19H30N2O/c1-14(2)16-9-7-8-15(3)18(16)21-17(22)12-19(13-20)10-5-4-6-11-19/h7-9,14H,4-6,10-13,20H2,1-3H3,(H,21,22). The molecule has 3 nitrogen and oxygen atoms in total. The number of anilines is 1. The highest BCUT2D eigenvalue weighted by Crippen LogP contribution is 2.39. The van der Waals surface area contributed by atoms with Crippen molar-refractivity contribution in [3.05, 3.63) is 29.3 Å². The van der Waals surface area contributed by atoms with Gasteiger partial charge in [-0.25, -0.2) is 0 Å². The van der Waals surface area contributed by atoms with E-state index in [2.05, 4.69) is 44.3 Å². The third-order valence-corrected chi connectivity index (χ3v) is 5.07. The number of hydrogen-bond donors (Lipinski definition) is 2. The molecule has 1 aromatic rings. The van der Waals surface area contributed by atoms with Crippen molar-refractivity contribution >= 4 is 11.6 Å². The molecule has 0 saturated heterocycles. The topological polar surface area (TPSA) is 55.1 Å². The second-order valence-electron chi connectivity index (χ2n) is 7.18. The number of para-hydroxylation sites is 1. The van der Waals surface area contributed by atoms with Gasteiger partial charge in [-0.3, -0.25) is 4.79 Å². The van der Waals surface area contributed by atoms with Crippen molar-refractivity contribution in [2.45, 2.75) is 65.2 Å². The van der Waals surface area contributed by atoms with Crippen LogP contribution in [-0.2, 0) is 4.79 Å². The SMILES string of the molecule is Cc1cccc(C(C)C)c1NC(=O)CC1(CN)CCCCC1. The van der Waals surface area contributed by atoms with Crippen LogP contribution in [0.25, 0.3) is 0 Å². The van der Waals surface area contributed by atoms with E-state index in [-0.39, 0.29) is 11.3 Å². The molecule has 1 aliphatic rings. The lowest BCUT2D eigenvalue weighted by Crippen LogP contribution is -2.36. The second kappa shape index (κ2) is 7.28. The predicted octanol–water partition coefficient (Wildman–Crippen LogP) is 4.36. The monoisotopic (exact) mass is 302 g/mol. The van der Waals surface area contributed by atoms with Crippen LogP contribution in [0.3, 0.4) is 0 Å². The molecule has 0 aromatic heterocycles. The Bertz CT molecular complexity index is 516. The lowest BCUT2D eigenvalue weighted by Gasteiger charge is -2.35. The van der Waals surface area contributed by atoms with Crippen LogP contribution in [0.4, 0.5) is 5.69 Å². The van der Waals surface area contributed by atoms with Crippen LogP contribution in [0.15, 0.2) is 18.2 Å². The van der Waals surface area contributed by atoms with Crippen LogP contribution in [0.2, 0.25) is 0 Å². The number of hydrogen-bond acceptors (Lipinski definition) is 2. The first-order valence-electron chi connectivity index (χ1n) is 8.57. The van der Waals surface area contributed by atoms with Crippen LogP contribution >= 0.6 is 0 Å². The molecule has 0 radical (unpaired) electrons. The molecule has 1 fully saturated rings. The van der Waals surface area contributed by atoms with Crippen molar-refractivity contribution in [2.75, 3.05) is 11.9 Å². The molecule has 3 N–H and O–H groups in total. The maximum atomic E-state index is 12.6. The third kappa shape index (κ3) is 3.89. The van der Waals surface area contributed by atoms with Gasteiger partial charge in [-0.05, 0) is 48.8 Å². The Morgan fingerprint density at radius 3 is 2.55 bits per heavy atom. The molecule has 1 amide bonds. The number of carbonyl (C=O) groups excluding carboxylic acids is 1. The number of aryl methyl sites for hydroxylation is 1. The van der Waals surface area contributed by atoms with Gasteiger partial charge >= 0.3 is 0 Å². The first kappa shape index (κ1) is 17.0. The maximum absolute atomic E-state index is 12.6. The zero-order valence-corrected chi connectivity index (χ0v) is 14.2. The van der Waals surface area contributed by atoms with Gasteiger partial charge in [-0.1, -0.05) is 51.3 Å². The average Bonchev–Trinajstić information content (AvgIpc) is 2.50. The van der Waals surface area contributed by atoms with Crippen molar-refractivity contribution in [3.63, 3.8) is 0 Å². The highest BCUT2D eigenvalue weighted by Gasteiger charge is 2.33. The predicted molar refractivity (Wildman–Crippen MR) is 93.1 cm³/mol. The Morgan fingerprint density at radius 2 is 1.95 bits per heavy atom. The van der Waals surface area contributed by atoms with Gasteiger partial charge in [0.25, 0.3) is 0 Å². The lowest BCUT2D eigenvalue weighted by molar-refractivity contribution is -0.118. The minimum atomic E-state index is 0.0169. The molecule has 1 saturated carbocycles. The second-order valence-corrected chi connectivity index (χ2v) is 7.18. The fourth-order valence-electron chi connectivity index (χ4n) is 3.62. The number of nitrogens with two attached hydrogens (primary N) is 1. The normalized spacial score (nSPS) is 17.5. The number of benzene rings is 1. The Morgan fingerprint density at radius 1 is 1.27 bits per heavy atom. The first-order chi connectivity index (χ1) is 10.5. The zero-order chi connectivity index (χ0) is 16.2. The van der Waals surface area contributed by atoms with E-state index in [0.29, 0.717) is 18.9 Å². The summed E-state index contributed by atoms with van der Waals surface area (Å²) in [4.78, 5) is 12.6. The Labute approximate surface area is 134 Å². The highest BCUT2D eigenvalue weighted by atomic mass is 16.1. The van der Waals surface area contributed by atoms with E-state index in [0.717, 1.165) is 24.1 Å². The summed E-state index contributed by atoms with van der Waals surface area (Å²) in [5.41, 5.74) is 9.35. The summed E-state index contributed by atoms with van der Waals surface area (Å²) in [6.07, 6.45) is 6.40. The Kier molecular flexibility index (Phi) is 5.63. The molecule has 3 heteroatoms. The highest BCUT2D eigenvalue weighted by molar-refractivity contribution is 5.93. The van der Waals surface area contributed by atoms with E-state index < -0.39 is 0 Å². The Hall–Kier alpha value is -1.35. The molecule has 0 unspecified atom stereocenters. The van der Waals surface area contributed by atoms with Crippen LogP contribution in [0, 0.1) is 12.3 Å². The quantitative estimate of drug-likeness (QED) is 0.849.